The molecule has 2 fully saturated rings. The summed E-state index contributed by atoms with van der Waals surface area (Å²) in [4.78, 5) is 0. The molecule has 15 heavy (non-hydrogen) atoms. The van der Waals surface area contributed by atoms with Crippen molar-refractivity contribution in [3.63, 3.8) is 0 Å². The fraction of sp³-hybridized carbons (Fsp3) is 0.889. The van der Waals surface area contributed by atoms with Crippen LogP contribution in [0.4, 0.5) is 0 Å². The summed E-state index contributed by atoms with van der Waals surface area (Å²) in [5.74, 6) is 2.50. The van der Waals surface area contributed by atoms with Gasteiger partial charge in [-0.3, -0.25) is 5.92 Å². The van der Waals surface area contributed by atoms with Crippen molar-refractivity contribution in [2.45, 2.75) is 37.6 Å². The Bertz CT molecular complexity index is 187. The molecule has 0 heterocycles. The van der Waals surface area contributed by atoms with Crippen molar-refractivity contribution < 1.29 is 22.0 Å². The first kappa shape index (κ1) is 16.1. The summed E-state index contributed by atoms with van der Waals surface area (Å²) in [5.41, 5.74) is 11.8. The minimum absolute atomic E-state index is 0. The molecule has 0 radical (unpaired) electrons. The number of nitrogens with two attached hydrogens (primary N) is 2. The van der Waals surface area contributed by atoms with Crippen LogP contribution >= 0.6 is 18.8 Å². The molecule has 6 N–H and O–H groups in total. The van der Waals surface area contributed by atoms with Crippen LogP contribution in [0.15, 0.2) is 0 Å². The van der Waals surface area contributed by atoms with Gasteiger partial charge in [0.2, 0.25) is 0 Å². The molecule has 0 aromatic heterocycles. The van der Waals surface area contributed by atoms with E-state index >= 15 is 0 Å². The van der Waals surface area contributed by atoms with Gasteiger partial charge in [-0.25, -0.2) is 0 Å². The van der Waals surface area contributed by atoms with E-state index in [0.29, 0.717) is 6.54 Å². The third kappa shape index (κ3) is 4.14. The van der Waals surface area contributed by atoms with Crippen LogP contribution in [0, 0.1) is 11.8 Å². The normalized spacial score (nSPS) is 34.3. The zero-order valence-corrected chi connectivity index (χ0v) is 12.3. The second-order valence-corrected chi connectivity index (χ2v) is 7.44. The van der Waals surface area contributed by atoms with Crippen LogP contribution < -0.4 is 11.5 Å². The summed E-state index contributed by atoms with van der Waals surface area (Å²) in [5, 5.41) is 0. The molecule has 2 unspecified atom stereocenters. The van der Waals surface area contributed by atoms with E-state index in [4.69, 9.17) is 30.3 Å². The number of halogens is 2. The van der Waals surface area contributed by atoms with Gasteiger partial charge in [0, 0.05) is 0 Å². The fourth-order valence-corrected chi connectivity index (χ4v) is 2.51. The van der Waals surface area contributed by atoms with E-state index in [1.54, 1.807) is 5.92 Å². The maximum atomic E-state index is 6.18. The molecule has 0 spiro atoms. The van der Waals surface area contributed by atoms with Gasteiger partial charge in [0.1, 0.15) is 0 Å². The molecule has 96 valence electrons. The monoisotopic (exact) mass is 436 g/mol. The molecule has 0 amide bonds. The second-order valence-electron chi connectivity index (χ2n) is 4.16. The van der Waals surface area contributed by atoms with Crippen LogP contribution in [-0.4, -0.2) is 17.6 Å². The summed E-state index contributed by atoms with van der Waals surface area (Å²) in [6.07, 6.45) is 6.32. The molecule has 2 rings (SSSR count). The average Bonchev–Trinajstić information content (AvgIpc) is 2.59. The Morgan fingerprint density at radius 1 is 1.40 bits per heavy atom. The van der Waals surface area contributed by atoms with Crippen molar-refractivity contribution in [2.75, 3.05) is 6.54 Å². The van der Waals surface area contributed by atoms with E-state index in [9.17, 15) is 0 Å². The van der Waals surface area contributed by atoms with Gasteiger partial charge >= 0.3 is 35.3 Å². The molecule has 2 aliphatic carbocycles. The summed E-state index contributed by atoms with van der Waals surface area (Å²) >= 11 is -0.472. The van der Waals surface area contributed by atoms with Gasteiger partial charge in [0.25, 0.3) is 0 Å². The Morgan fingerprint density at radius 2 is 2.00 bits per heavy atom. The molecule has 3 nitrogen and oxygen atoms in total. The Labute approximate surface area is 108 Å². The number of hydrogen-bond donors (Lipinski definition) is 2. The topological polar surface area (TPSA) is 83.5 Å². The van der Waals surface area contributed by atoms with Crippen LogP contribution in [0.25, 0.3) is 0 Å². The molecule has 0 aromatic carbocycles. The third-order valence-corrected chi connectivity index (χ3v) is 3.46. The molecule has 0 saturated heterocycles. The molecule has 2 bridgehead atoms. The molecule has 2 aliphatic rings. The number of hydrogen-bond acceptors (Lipinski definition) is 2. The van der Waals surface area contributed by atoms with E-state index in [0.717, 1.165) is 12.3 Å². The second kappa shape index (κ2) is 7.47. The van der Waals surface area contributed by atoms with Crippen LogP contribution in [-0.2, 0) is 16.5 Å². The molecule has 0 aliphatic heterocycles. The van der Waals surface area contributed by atoms with Crippen molar-refractivity contribution in [2.24, 2.45) is 17.4 Å². The minimum atomic E-state index is -0.472. The third-order valence-electron chi connectivity index (χ3n) is 3.46. The van der Waals surface area contributed by atoms with Crippen molar-refractivity contribution >= 4 is 18.8 Å². The quantitative estimate of drug-likeness (QED) is 0.608. The zero-order valence-electron chi connectivity index (χ0n) is 8.55. The SMILES string of the molecule is NCC1(N)CCC2CC[C-]1C2.O.[Cl][Pt][Cl]. The van der Waals surface area contributed by atoms with Gasteiger partial charge in [-0.15, -0.1) is 0 Å². The predicted octanol–water partition coefficient (Wildman–Crippen LogP) is 1.36. The number of fused-ring (bicyclic) bond motifs is 2. The van der Waals surface area contributed by atoms with Gasteiger partial charge in [-0.05, 0) is 6.54 Å². The van der Waals surface area contributed by atoms with Gasteiger partial charge in [-0.1, -0.05) is 30.7 Å². The summed E-state index contributed by atoms with van der Waals surface area (Å²) < 4.78 is 0. The molecule has 6 heteroatoms. The van der Waals surface area contributed by atoms with Crippen molar-refractivity contribution in [1.29, 1.82) is 0 Å². The van der Waals surface area contributed by atoms with E-state index in [1.807, 2.05) is 0 Å². The summed E-state index contributed by atoms with van der Waals surface area (Å²) in [6.45, 7) is 0.648. The van der Waals surface area contributed by atoms with E-state index in [-0.39, 0.29) is 11.0 Å². The van der Waals surface area contributed by atoms with Crippen LogP contribution in [0.5, 0.6) is 0 Å². The Hall–Kier alpha value is 1.15. The molecular weight excluding hydrogens is 418 g/mol. The van der Waals surface area contributed by atoms with Crippen LogP contribution in [0.2, 0.25) is 0 Å². The Kier molecular flexibility index (Phi) is 8.04. The van der Waals surface area contributed by atoms with E-state index in [1.165, 1.54) is 25.7 Å². The Balaban J connectivity index is 0.000000443. The van der Waals surface area contributed by atoms with Crippen molar-refractivity contribution in [1.82, 2.24) is 0 Å². The number of rotatable bonds is 1. The van der Waals surface area contributed by atoms with Gasteiger partial charge < -0.3 is 16.9 Å². The van der Waals surface area contributed by atoms with Gasteiger partial charge in [0.15, 0.2) is 0 Å². The fourth-order valence-electron chi connectivity index (χ4n) is 2.51. The molecule has 0 aromatic rings. The predicted molar refractivity (Wildman–Crippen MR) is 61.1 cm³/mol. The van der Waals surface area contributed by atoms with E-state index in [2.05, 4.69) is 0 Å². The van der Waals surface area contributed by atoms with E-state index < -0.39 is 16.5 Å². The molecular formula is C9H19Cl2N2OPt-. The summed E-state index contributed by atoms with van der Waals surface area (Å²) in [6, 6.07) is 0. The van der Waals surface area contributed by atoms with Gasteiger partial charge in [0.05, 0.1) is 0 Å². The first-order valence-electron chi connectivity index (χ1n) is 4.82. The first-order chi connectivity index (χ1) is 6.66. The maximum absolute atomic E-state index is 6.18. The standard InChI is InChI=1S/C9H17N2.2ClH.H2O.Pt/c10-6-9(11)4-3-7-1-2-8(9)5-7;;;;/h7H,1-6,10-11H2;2*1H;1H2;/q-1;;;;+2/p-2. The van der Waals surface area contributed by atoms with Crippen LogP contribution in [0.1, 0.15) is 32.1 Å². The van der Waals surface area contributed by atoms with Crippen molar-refractivity contribution in [3.05, 3.63) is 5.92 Å². The average molecular weight is 437 g/mol. The van der Waals surface area contributed by atoms with Crippen LogP contribution in [0.3, 0.4) is 0 Å². The molecule has 2 atom stereocenters. The Morgan fingerprint density at radius 3 is 2.53 bits per heavy atom. The van der Waals surface area contributed by atoms with Crippen molar-refractivity contribution in [3.8, 4) is 0 Å². The first-order valence-corrected chi connectivity index (χ1v) is 10.5. The van der Waals surface area contributed by atoms with Gasteiger partial charge in [-0.2, -0.15) is 12.8 Å². The summed E-state index contributed by atoms with van der Waals surface area (Å²) in [7, 11) is 9.75. The zero-order chi connectivity index (χ0) is 10.6. The molecule has 2 saturated carbocycles.